The number of piperazine rings is 1. The van der Waals surface area contributed by atoms with Crippen LogP contribution in [0.1, 0.15) is 34.2 Å². The van der Waals surface area contributed by atoms with Crippen LogP contribution in [0.5, 0.6) is 0 Å². The molecule has 1 fully saturated rings. The number of carbonyl (C=O) groups is 2. The Morgan fingerprint density at radius 1 is 1.04 bits per heavy atom. The first-order valence-corrected chi connectivity index (χ1v) is 9.29. The molecule has 1 aromatic heterocycles. The van der Waals surface area contributed by atoms with Gasteiger partial charge in [-0.2, -0.15) is 5.10 Å². The molecule has 1 saturated heterocycles. The second-order valence-electron chi connectivity index (χ2n) is 6.37. The van der Waals surface area contributed by atoms with Gasteiger partial charge in [0.05, 0.1) is 0 Å². The van der Waals surface area contributed by atoms with Crippen LogP contribution in [0.3, 0.4) is 0 Å². The van der Waals surface area contributed by atoms with Crippen LogP contribution >= 0.6 is 11.6 Å². The van der Waals surface area contributed by atoms with E-state index in [2.05, 4.69) is 5.10 Å². The highest BCUT2D eigenvalue weighted by atomic mass is 35.5. The maximum atomic E-state index is 12.7. The fourth-order valence-electron chi connectivity index (χ4n) is 3.01. The molecule has 8 heteroatoms. The molecule has 0 unspecified atom stereocenters. The van der Waals surface area contributed by atoms with Crippen molar-refractivity contribution in [2.24, 2.45) is 0 Å². The lowest BCUT2D eigenvalue weighted by Crippen LogP contribution is -2.51. The van der Waals surface area contributed by atoms with Gasteiger partial charge in [0.15, 0.2) is 0 Å². The zero-order valence-corrected chi connectivity index (χ0v) is 15.9. The van der Waals surface area contributed by atoms with E-state index in [4.69, 9.17) is 11.6 Å². The summed E-state index contributed by atoms with van der Waals surface area (Å²) in [6, 6.07) is 9.66. The highest BCUT2D eigenvalue weighted by Gasteiger charge is 2.26. The summed E-state index contributed by atoms with van der Waals surface area (Å²) in [6.07, 6.45) is 0.759. The molecule has 1 aliphatic heterocycles. The van der Waals surface area contributed by atoms with Crippen molar-refractivity contribution in [3.05, 3.63) is 63.0 Å². The molecule has 0 aliphatic carbocycles. The minimum atomic E-state index is -0.227. The lowest BCUT2D eigenvalue weighted by atomic mass is 10.2. The highest BCUT2D eigenvalue weighted by Crippen LogP contribution is 2.15. The fraction of sp³-hybridized carbons (Fsp3) is 0.368. The first kappa shape index (κ1) is 19.1. The third kappa shape index (κ3) is 4.36. The average molecular weight is 389 g/mol. The minimum Gasteiger partial charge on any atom is -0.335 e. The van der Waals surface area contributed by atoms with Gasteiger partial charge in [0, 0.05) is 49.4 Å². The van der Waals surface area contributed by atoms with Gasteiger partial charge in [0.1, 0.15) is 5.69 Å². The smallest absolute Gasteiger partial charge is 0.274 e. The van der Waals surface area contributed by atoms with E-state index in [1.807, 2.05) is 6.92 Å². The van der Waals surface area contributed by atoms with E-state index < -0.39 is 0 Å². The van der Waals surface area contributed by atoms with E-state index >= 15 is 0 Å². The molecule has 2 heterocycles. The molecule has 0 spiro atoms. The Balaban J connectivity index is 1.65. The van der Waals surface area contributed by atoms with E-state index in [0.717, 1.165) is 6.42 Å². The zero-order chi connectivity index (χ0) is 19.4. The van der Waals surface area contributed by atoms with E-state index in [-0.39, 0.29) is 23.1 Å². The van der Waals surface area contributed by atoms with Crippen LogP contribution in [0, 0.1) is 0 Å². The summed E-state index contributed by atoms with van der Waals surface area (Å²) in [5.74, 6) is -0.325. The molecule has 1 aliphatic rings. The van der Waals surface area contributed by atoms with Crippen molar-refractivity contribution in [2.75, 3.05) is 26.2 Å². The van der Waals surface area contributed by atoms with Gasteiger partial charge in [0.2, 0.25) is 0 Å². The van der Waals surface area contributed by atoms with Crippen molar-refractivity contribution in [2.45, 2.75) is 19.9 Å². The number of nitrogens with zero attached hydrogens (tertiary/aromatic N) is 4. The molecule has 0 radical (unpaired) electrons. The normalized spacial score (nSPS) is 14.3. The largest absolute Gasteiger partial charge is 0.335 e. The van der Waals surface area contributed by atoms with Gasteiger partial charge in [-0.05, 0) is 30.7 Å². The highest BCUT2D eigenvalue weighted by molar-refractivity contribution is 6.30. The summed E-state index contributed by atoms with van der Waals surface area (Å²) in [5, 5.41) is 4.68. The molecule has 2 amide bonds. The van der Waals surface area contributed by atoms with Crippen molar-refractivity contribution in [1.82, 2.24) is 19.6 Å². The molecule has 142 valence electrons. The molecule has 0 bridgehead atoms. The fourth-order valence-corrected chi connectivity index (χ4v) is 3.20. The maximum Gasteiger partial charge on any atom is 0.274 e. The van der Waals surface area contributed by atoms with Gasteiger partial charge in [-0.25, -0.2) is 4.68 Å². The number of rotatable bonds is 4. The van der Waals surface area contributed by atoms with Crippen molar-refractivity contribution in [3.63, 3.8) is 0 Å². The Labute approximate surface area is 162 Å². The SMILES string of the molecule is CCCn1nc(C(=O)N2CCN(C(=O)c3cccc(Cl)c3)CC2)ccc1=O. The Morgan fingerprint density at radius 2 is 1.70 bits per heavy atom. The van der Waals surface area contributed by atoms with Crippen LogP contribution in [-0.2, 0) is 6.54 Å². The number of halogens is 1. The Morgan fingerprint density at radius 3 is 2.33 bits per heavy atom. The van der Waals surface area contributed by atoms with Crippen LogP contribution in [0.4, 0.5) is 0 Å². The minimum absolute atomic E-state index is 0.0979. The topological polar surface area (TPSA) is 75.5 Å². The van der Waals surface area contributed by atoms with Crippen LogP contribution in [0.25, 0.3) is 0 Å². The molecule has 0 saturated carbocycles. The van der Waals surface area contributed by atoms with Crippen molar-refractivity contribution < 1.29 is 9.59 Å². The average Bonchev–Trinajstić information content (AvgIpc) is 2.69. The summed E-state index contributed by atoms with van der Waals surface area (Å²) >= 11 is 5.95. The van der Waals surface area contributed by atoms with E-state index in [1.54, 1.807) is 34.1 Å². The summed E-state index contributed by atoms with van der Waals surface area (Å²) < 4.78 is 1.31. The molecule has 27 heavy (non-hydrogen) atoms. The van der Waals surface area contributed by atoms with Gasteiger partial charge >= 0.3 is 0 Å². The Hall–Kier alpha value is -2.67. The number of hydrogen-bond acceptors (Lipinski definition) is 4. The number of hydrogen-bond donors (Lipinski definition) is 0. The first-order chi connectivity index (χ1) is 13.0. The molecule has 3 rings (SSSR count). The summed E-state index contributed by atoms with van der Waals surface area (Å²) in [7, 11) is 0. The monoisotopic (exact) mass is 388 g/mol. The zero-order valence-electron chi connectivity index (χ0n) is 15.1. The molecule has 0 atom stereocenters. The second-order valence-corrected chi connectivity index (χ2v) is 6.81. The first-order valence-electron chi connectivity index (χ1n) is 8.92. The van der Waals surface area contributed by atoms with Gasteiger partial charge in [0.25, 0.3) is 17.4 Å². The quantitative estimate of drug-likeness (QED) is 0.801. The number of aromatic nitrogens is 2. The van der Waals surface area contributed by atoms with Gasteiger partial charge in [-0.1, -0.05) is 24.6 Å². The van der Waals surface area contributed by atoms with Crippen LogP contribution in [0.2, 0.25) is 5.02 Å². The van der Waals surface area contributed by atoms with Gasteiger partial charge in [-0.3, -0.25) is 14.4 Å². The Kier molecular flexibility index (Phi) is 5.91. The lowest BCUT2D eigenvalue weighted by Gasteiger charge is -2.34. The van der Waals surface area contributed by atoms with Crippen LogP contribution in [0.15, 0.2) is 41.2 Å². The molecule has 7 nitrogen and oxygen atoms in total. The molecule has 1 aromatic carbocycles. The third-order valence-electron chi connectivity index (χ3n) is 4.45. The van der Waals surface area contributed by atoms with Gasteiger partial charge in [-0.15, -0.1) is 0 Å². The molecular formula is C19H21ClN4O3. The Bertz CT molecular complexity index is 904. The predicted octanol–water partition coefficient (Wildman–Crippen LogP) is 1.90. The number of benzene rings is 1. The van der Waals surface area contributed by atoms with Crippen LogP contribution in [-0.4, -0.2) is 57.6 Å². The molecular weight excluding hydrogens is 368 g/mol. The summed E-state index contributed by atoms with van der Waals surface area (Å²) in [6.45, 7) is 4.12. The van der Waals surface area contributed by atoms with Crippen LogP contribution < -0.4 is 5.56 Å². The maximum absolute atomic E-state index is 12.7. The summed E-state index contributed by atoms with van der Waals surface area (Å²) in [4.78, 5) is 40.4. The standard InChI is InChI=1S/C19H21ClN4O3/c1-2-8-24-17(25)7-6-16(21-24)19(27)23-11-9-22(10-12-23)18(26)14-4-3-5-15(20)13-14/h3-7,13H,2,8-12H2,1H3. The van der Waals surface area contributed by atoms with E-state index in [0.29, 0.717) is 43.3 Å². The second kappa shape index (κ2) is 8.35. The molecule has 2 aromatic rings. The van der Waals surface area contributed by atoms with Crippen molar-refractivity contribution >= 4 is 23.4 Å². The van der Waals surface area contributed by atoms with E-state index in [1.165, 1.54) is 16.8 Å². The number of aryl methyl sites for hydroxylation is 1. The lowest BCUT2D eigenvalue weighted by molar-refractivity contribution is 0.0530. The number of carbonyl (C=O) groups excluding carboxylic acids is 2. The molecule has 0 N–H and O–H groups in total. The van der Waals surface area contributed by atoms with Crippen molar-refractivity contribution in [3.8, 4) is 0 Å². The van der Waals surface area contributed by atoms with Gasteiger partial charge < -0.3 is 9.80 Å². The third-order valence-corrected chi connectivity index (χ3v) is 4.68. The van der Waals surface area contributed by atoms with Crippen molar-refractivity contribution in [1.29, 1.82) is 0 Å². The summed E-state index contributed by atoms with van der Waals surface area (Å²) in [5.41, 5.74) is 0.568. The van der Waals surface area contributed by atoms with E-state index in [9.17, 15) is 14.4 Å². The predicted molar refractivity (Wildman–Crippen MR) is 102 cm³/mol. The number of amides is 2.